The molecule has 2 aliphatic rings. The van der Waals surface area contributed by atoms with Gasteiger partial charge in [0.2, 0.25) is 11.8 Å². The normalized spacial score (nSPS) is 19.2. The number of rotatable bonds is 7. The van der Waals surface area contributed by atoms with Gasteiger partial charge < -0.3 is 15.1 Å². The zero-order valence-electron chi connectivity index (χ0n) is 15.4. The first kappa shape index (κ1) is 19.2. The van der Waals surface area contributed by atoms with Crippen molar-refractivity contribution in [3.05, 3.63) is 34.9 Å². The fourth-order valence-corrected chi connectivity index (χ4v) is 3.74. The average Bonchev–Trinajstić information content (AvgIpc) is 3.48. The molecule has 1 aliphatic carbocycles. The van der Waals surface area contributed by atoms with Crippen LogP contribution in [0.3, 0.4) is 0 Å². The molecule has 1 atom stereocenters. The molecule has 5 nitrogen and oxygen atoms in total. The number of hydrogen-bond donors (Lipinski definition) is 1. The Labute approximate surface area is 160 Å². The third-order valence-electron chi connectivity index (χ3n) is 5.42. The van der Waals surface area contributed by atoms with E-state index in [0.717, 1.165) is 51.1 Å². The molecule has 1 aromatic rings. The molecule has 0 bridgehead atoms. The Kier molecular flexibility index (Phi) is 6.54. The molecule has 0 radical (unpaired) electrons. The number of halogens is 1. The van der Waals surface area contributed by atoms with E-state index in [1.807, 2.05) is 29.2 Å². The summed E-state index contributed by atoms with van der Waals surface area (Å²) < 4.78 is 0. The first-order valence-corrected chi connectivity index (χ1v) is 9.99. The maximum Gasteiger partial charge on any atom is 0.227 e. The van der Waals surface area contributed by atoms with Gasteiger partial charge in [-0.3, -0.25) is 9.59 Å². The van der Waals surface area contributed by atoms with Crippen LogP contribution in [0.5, 0.6) is 0 Å². The molecule has 1 N–H and O–H groups in total. The summed E-state index contributed by atoms with van der Waals surface area (Å²) in [4.78, 5) is 29.3. The van der Waals surface area contributed by atoms with Crippen molar-refractivity contribution in [2.45, 2.75) is 32.1 Å². The maximum absolute atomic E-state index is 12.7. The molecule has 26 heavy (non-hydrogen) atoms. The first-order chi connectivity index (χ1) is 12.6. The summed E-state index contributed by atoms with van der Waals surface area (Å²) in [6.45, 7) is 7.04. The van der Waals surface area contributed by atoms with Gasteiger partial charge in [-0.1, -0.05) is 30.7 Å². The van der Waals surface area contributed by atoms with Crippen LogP contribution in [0.15, 0.2) is 24.3 Å². The van der Waals surface area contributed by atoms with Gasteiger partial charge in [0, 0.05) is 44.2 Å². The Balaban J connectivity index is 1.46. The number of carbonyl (C=O) groups is 2. The van der Waals surface area contributed by atoms with Crippen molar-refractivity contribution >= 4 is 23.4 Å². The number of amides is 2. The van der Waals surface area contributed by atoms with Gasteiger partial charge in [0.25, 0.3) is 0 Å². The van der Waals surface area contributed by atoms with Gasteiger partial charge in [0.05, 0.1) is 5.92 Å². The van der Waals surface area contributed by atoms with Crippen LogP contribution in [0.2, 0.25) is 5.02 Å². The fraction of sp³-hybridized carbons (Fsp3) is 0.600. The van der Waals surface area contributed by atoms with Crippen molar-refractivity contribution < 1.29 is 9.59 Å². The molecule has 3 rings (SSSR count). The largest absolute Gasteiger partial charge is 0.355 e. The van der Waals surface area contributed by atoms with Crippen molar-refractivity contribution in [3.63, 3.8) is 0 Å². The SMILES string of the molecule is CCN1CCN(C(=O)CCNC(=O)C(c2ccc(Cl)cc2)C2CC2)CC1. The van der Waals surface area contributed by atoms with Crippen LogP contribution in [-0.2, 0) is 9.59 Å². The fourth-order valence-electron chi connectivity index (χ4n) is 3.61. The topological polar surface area (TPSA) is 52.6 Å². The van der Waals surface area contributed by atoms with Crippen molar-refractivity contribution in [3.8, 4) is 0 Å². The minimum atomic E-state index is -0.129. The standard InChI is InChI=1S/C20H28ClN3O2/c1-2-23-11-13-24(14-12-23)18(25)9-10-22-20(26)19(15-3-4-15)16-5-7-17(21)8-6-16/h5-8,15,19H,2-4,9-14H2,1H3,(H,22,26). The van der Waals surface area contributed by atoms with Gasteiger partial charge in [-0.15, -0.1) is 0 Å². The lowest BCUT2D eigenvalue weighted by Gasteiger charge is -2.34. The second kappa shape index (κ2) is 8.87. The summed E-state index contributed by atoms with van der Waals surface area (Å²) in [5, 5.41) is 3.66. The molecular weight excluding hydrogens is 350 g/mol. The number of likely N-dealkylation sites (N-methyl/N-ethyl adjacent to an activating group) is 1. The van der Waals surface area contributed by atoms with Crippen molar-refractivity contribution in [2.75, 3.05) is 39.3 Å². The van der Waals surface area contributed by atoms with Crippen molar-refractivity contribution in [1.29, 1.82) is 0 Å². The van der Waals surface area contributed by atoms with E-state index in [2.05, 4.69) is 17.1 Å². The quantitative estimate of drug-likeness (QED) is 0.794. The molecule has 142 valence electrons. The van der Waals surface area contributed by atoms with Crippen molar-refractivity contribution in [1.82, 2.24) is 15.1 Å². The van der Waals surface area contributed by atoms with Gasteiger partial charge in [0.1, 0.15) is 0 Å². The first-order valence-electron chi connectivity index (χ1n) is 9.61. The monoisotopic (exact) mass is 377 g/mol. The predicted molar refractivity (Wildman–Crippen MR) is 103 cm³/mol. The Hall–Kier alpha value is -1.59. The van der Waals surface area contributed by atoms with Crippen LogP contribution in [0, 0.1) is 5.92 Å². The van der Waals surface area contributed by atoms with E-state index >= 15 is 0 Å². The van der Waals surface area contributed by atoms with Crippen LogP contribution in [0.4, 0.5) is 0 Å². The highest BCUT2D eigenvalue weighted by Gasteiger charge is 2.37. The molecule has 6 heteroatoms. The summed E-state index contributed by atoms with van der Waals surface area (Å²) in [6, 6.07) is 7.53. The zero-order chi connectivity index (χ0) is 18.5. The number of piperazine rings is 1. The highest BCUT2D eigenvalue weighted by Crippen LogP contribution is 2.42. The molecule has 2 amide bonds. The van der Waals surface area contributed by atoms with Crippen LogP contribution < -0.4 is 5.32 Å². The summed E-state index contributed by atoms with van der Waals surface area (Å²) in [6.07, 6.45) is 2.54. The average molecular weight is 378 g/mol. The molecule has 1 aliphatic heterocycles. The molecule has 0 aromatic heterocycles. The number of nitrogens with one attached hydrogen (secondary N) is 1. The van der Waals surface area contributed by atoms with Crippen LogP contribution in [0.1, 0.15) is 37.7 Å². The van der Waals surface area contributed by atoms with E-state index in [0.29, 0.717) is 23.9 Å². The van der Waals surface area contributed by atoms with Gasteiger partial charge >= 0.3 is 0 Å². The van der Waals surface area contributed by atoms with Crippen molar-refractivity contribution in [2.24, 2.45) is 5.92 Å². The van der Waals surface area contributed by atoms with Gasteiger partial charge in [-0.05, 0) is 43.0 Å². The van der Waals surface area contributed by atoms with Crippen LogP contribution in [-0.4, -0.2) is 60.9 Å². The van der Waals surface area contributed by atoms with E-state index in [-0.39, 0.29) is 17.7 Å². The molecular formula is C20H28ClN3O2. The Morgan fingerprint density at radius 3 is 2.38 bits per heavy atom. The van der Waals surface area contributed by atoms with E-state index in [1.165, 1.54) is 0 Å². The van der Waals surface area contributed by atoms with Gasteiger partial charge in [-0.25, -0.2) is 0 Å². The predicted octanol–water partition coefficient (Wildman–Crippen LogP) is 2.50. The van der Waals surface area contributed by atoms with Gasteiger partial charge in [-0.2, -0.15) is 0 Å². The lowest BCUT2D eigenvalue weighted by molar-refractivity contribution is -0.133. The summed E-state index contributed by atoms with van der Waals surface area (Å²) in [7, 11) is 0. The summed E-state index contributed by atoms with van der Waals surface area (Å²) >= 11 is 5.96. The Bertz CT molecular complexity index is 622. The Morgan fingerprint density at radius 1 is 1.15 bits per heavy atom. The number of nitrogens with zero attached hydrogens (tertiary/aromatic N) is 2. The highest BCUT2D eigenvalue weighted by atomic mass is 35.5. The number of hydrogen-bond acceptors (Lipinski definition) is 3. The molecule has 0 spiro atoms. The Morgan fingerprint density at radius 2 is 1.81 bits per heavy atom. The summed E-state index contributed by atoms with van der Waals surface area (Å²) in [5.41, 5.74) is 1.01. The molecule has 1 unspecified atom stereocenters. The second-order valence-corrected chi connectivity index (χ2v) is 7.66. The summed E-state index contributed by atoms with van der Waals surface area (Å²) in [5.74, 6) is 0.443. The highest BCUT2D eigenvalue weighted by molar-refractivity contribution is 6.30. The third-order valence-corrected chi connectivity index (χ3v) is 5.67. The maximum atomic E-state index is 12.7. The lowest BCUT2D eigenvalue weighted by Crippen LogP contribution is -2.49. The van der Waals surface area contributed by atoms with Crippen LogP contribution >= 0.6 is 11.6 Å². The third kappa shape index (κ3) is 4.98. The molecule has 2 fully saturated rings. The molecule has 1 aromatic carbocycles. The molecule has 1 saturated carbocycles. The second-order valence-electron chi connectivity index (χ2n) is 7.22. The van der Waals surface area contributed by atoms with E-state index < -0.39 is 0 Å². The van der Waals surface area contributed by atoms with Crippen LogP contribution in [0.25, 0.3) is 0 Å². The minimum absolute atomic E-state index is 0.0263. The molecule has 1 saturated heterocycles. The van der Waals surface area contributed by atoms with E-state index in [4.69, 9.17) is 11.6 Å². The van der Waals surface area contributed by atoms with Gasteiger partial charge in [0.15, 0.2) is 0 Å². The zero-order valence-corrected chi connectivity index (χ0v) is 16.2. The number of carbonyl (C=O) groups excluding carboxylic acids is 2. The number of benzene rings is 1. The minimum Gasteiger partial charge on any atom is -0.355 e. The molecule has 1 heterocycles. The van der Waals surface area contributed by atoms with E-state index in [1.54, 1.807) is 0 Å². The van der Waals surface area contributed by atoms with E-state index in [9.17, 15) is 9.59 Å². The lowest BCUT2D eigenvalue weighted by atomic mass is 9.93. The smallest absolute Gasteiger partial charge is 0.227 e.